The summed E-state index contributed by atoms with van der Waals surface area (Å²) in [5.41, 5.74) is 6.50. The standard InChI is InChI=1S/C45H34N8/c1-51-28-20-33(21-29-51)45-37-17-15-35(53(42-12-4-8-24-49-42)43-13-5-9-25-50-43)31-39(37)38-30-34(14-16-36(38)44(45)32-18-26-46-27-19-32)52(40-10-2-6-22-47-40)41-11-3-7-23-48-41/h2-28,30-31H,29H2,1H3. The molecule has 0 bridgehead atoms. The molecule has 3 aromatic carbocycles. The van der Waals surface area contributed by atoms with E-state index in [0.29, 0.717) is 0 Å². The van der Waals surface area contributed by atoms with Crippen molar-refractivity contribution in [2.75, 3.05) is 23.4 Å². The van der Waals surface area contributed by atoms with Crippen LogP contribution in [0.15, 0.2) is 177 Å². The molecule has 0 unspecified atom stereocenters. The normalized spacial score (nSPS) is 12.5. The van der Waals surface area contributed by atoms with Gasteiger partial charge in [0.1, 0.15) is 23.3 Å². The third kappa shape index (κ3) is 6.02. The minimum atomic E-state index is 0.777. The van der Waals surface area contributed by atoms with E-state index in [1.54, 1.807) is 0 Å². The number of aromatic nitrogens is 5. The van der Waals surface area contributed by atoms with Crippen LogP contribution in [0, 0.1) is 0 Å². The lowest BCUT2D eigenvalue weighted by atomic mass is 9.84. The predicted octanol–water partition coefficient (Wildman–Crippen LogP) is 10.4. The van der Waals surface area contributed by atoms with Gasteiger partial charge in [0.25, 0.3) is 0 Å². The summed E-state index contributed by atoms with van der Waals surface area (Å²) in [6.45, 7) is 0.814. The van der Waals surface area contributed by atoms with Gasteiger partial charge in [0.05, 0.1) is 0 Å². The van der Waals surface area contributed by atoms with Crippen LogP contribution in [0.2, 0.25) is 0 Å². The van der Waals surface area contributed by atoms with Crippen LogP contribution < -0.4 is 9.80 Å². The first-order valence-electron chi connectivity index (χ1n) is 17.5. The largest absolute Gasteiger partial charge is 0.377 e. The maximum Gasteiger partial charge on any atom is 0.138 e. The Labute approximate surface area is 307 Å². The van der Waals surface area contributed by atoms with Crippen molar-refractivity contribution >= 4 is 61.8 Å². The molecule has 0 N–H and O–H groups in total. The highest BCUT2D eigenvalue weighted by Crippen LogP contribution is 2.47. The zero-order valence-corrected chi connectivity index (χ0v) is 29.0. The van der Waals surface area contributed by atoms with Crippen molar-refractivity contribution < 1.29 is 0 Å². The van der Waals surface area contributed by atoms with Gasteiger partial charge in [0, 0.05) is 62.1 Å². The molecule has 1 aliphatic rings. The van der Waals surface area contributed by atoms with Gasteiger partial charge in [-0.1, -0.05) is 42.5 Å². The first kappa shape index (κ1) is 31.8. The molecule has 53 heavy (non-hydrogen) atoms. The van der Waals surface area contributed by atoms with E-state index in [0.717, 1.165) is 73.9 Å². The Kier molecular flexibility index (Phi) is 8.30. The number of pyridine rings is 5. The second-order valence-corrected chi connectivity index (χ2v) is 12.8. The Morgan fingerprint density at radius 2 is 0.962 bits per heavy atom. The van der Waals surface area contributed by atoms with Crippen LogP contribution in [0.4, 0.5) is 34.6 Å². The Balaban J connectivity index is 1.38. The van der Waals surface area contributed by atoms with E-state index in [1.807, 2.05) is 110 Å². The lowest BCUT2D eigenvalue weighted by Gasteiger charge is -2.27. The molecule has 0 saturated carbocycles. The summed E-state index contributed by atoms with van der Waals surface area (Å²) in [6, 6.07) is 41.4. The maximum atomic E-state index is 4.77. The molecule has 0 spiro atoms. The number of benzene rings is 3. The van der Waals surface area contributed by atoms with Crippen LogP contribution in [0.3, 0.4) is 0 Å². The van der Waals surface area contributed by atoms with Gasteiger partial charge in [0.15, 0.2) is 0 Å². The minimum Gasteiger partial charge on any atom is -0.377 e. The fraction of sp³-hybridized carbons (Fsp3) is 0.0444. The summed E-state index contributed by atoms with van der Waals surface area (Å²) in [5.74, 6) is 3.11. The van der Waals surface area contributed by atoms with E-state index in [-0.39, 0.29) is 0 Å². The summed E-state index contributed by atoms with van der Waals surface area (Å²) >= 11 is 0. The highest BCUT2D eigenvalue weighted by Gasteiger charge is 2.23. The lowest BCUT2D eigenvalue weighted by Crippen LogP contribution is -2.14. The van der Waals surface area contributed by atoms with Gasteiger partial charge in [-0.15, -0.1) is 0 Å². The van der Waals surface area contributed by atoms with Crippen molar-refractivity contribution in [3.8, 4) is 11.1 Å². The minimum absolute atomic E-state index is 0.777. The number of hydrogen-bond acceptors (Lipinski definition) is 8. The second-order valence-electron chi connectivity index (χ2n) is 12.8. The maximum absolute atomic E-state index is 4.77. The molecule has 5 aromatic heterocycles. The third-order valence-electron chi connectivity index (χ3n) is 9.48. The number of likely N-dealkylation sites (N-methyl/N-ethyl adjacent to an activating group) is 1. The summed E-state index contributed by atoms with van der Waals surface area (Å²) in [7, 11) is 2.10. The van der Waals surface area contributed by atoms with Gasteiger partial charge in [-0.3, -0.25) is 14.8 Å². The molecule has 8 nitrogen and oxygen atoms in total. The molecular formula is C45H34N8. The van der Waals surface area contributed by atoms with Crippen molar-refractivity contribution in [3.05, 3.63) is 182 Å². The highest BCUT2D eigenvalue weighted by atomic mass is 15.2. The fourth-order valence-electron chi connectivity index (χ4n) is 7.08. The van der Waals surface area contributed by atoms with Crippen molar-refractivity contribution in [1.82, 2.24) is 29.8 Å². The molecule has 0 aliphatic carbocycles. The van der Waals surface area contributed by atoms with Gasteiger partial charge in [-0.25, -0.2) is 19.9 Å². The lowest BCUT2D eigenvalue weighted by molar-refractivity contribution is 0.506. The van der Waals surface area contributed by atoms with Crippen LogP contribution in [-0.4, -0.2) is 43.4 Å². The number of hydrogen-bond donors (Lipinski definition) is 0. The van der Waals surface area contributed by atoms with E-state index in [9.17, 15) is 0 Å². The number of fused-ring (bicyclic) bond motifs is 3. The van der Waals surface area contributed by atoms with E-state index >= 15 is 0 Å². The van der Waals surface area contributed by atoms with Gasteiger partial charge in [-0.05, 0) is 141 Å². The van der Waals surface area contributed by atoms with Gasteiger partial charge >= 0.3 is 0 Å². The topological polar surface area (TPSA) is 74.2 Å². The van der Waals surface area contributed by atoms with E-state index in [1.165, 1.54) is 11.1 Å². The van der Waals surface area contributed by atoms with Crippen LogP contribution in [-0.2, 0) is 0 Å². The molecule has 1 aliphatic heterocycles. The smallest absolute Gasteiger partial charge is 0.138 e. The molecule has 0 radical (unpaired) electrons. The molecule has 8 heteroatoms. The zero-order chi connectivity index (χ0) is 35.6. The molecule has 6 heterocycles. The molecule has 0 amide bonds. The molecule has 0 fully saturated rings. The first-order chi connectivity index (χ1) is 26.2. The summed E-state index contributed by atoms with van der Waals surface area (Å²) in [4.78, 5) is 29.8. The monoisotopic (exact) mass is 686 g/mol. The fourth-order valence-corrected chi connectivity index (χ4v) is 7.08. The summed E-state index contributed by atoms with van der Waals surface area (Å²) in [6.07, 6.45) is 17.7. The Morgan fingerprint density at radius 3 is 1.38 bits per heavy atom. The van der Waals surface area contributed by atoms with Crippen molar-refractivity contribution in [3.63, 3.8) is 0 Å². The van der Waals surface area contributed by atoms with E-state index in [2.05, 4.69) is 93.6 Å². The van der Waals surface area contributed by atoms with Crippen LogP contribution in [0.1, 0.15) is 5.56 Å². The van der Waals surface area contributed by atoms with E-state index < -0.39 is 0 Å². The number of allylic oxidation sites excluding steroid dienone is 2. The summed E-state index contributed by atoms with van der Waals surface area (Å²) in [5, 5.41) is 4.44. The quantitative estimate of drug-likeness (QED) is 0.146. The van der Waals surface area contributed by atoms with E-state index in [4.69, 9.17) is 19.9 Å². The first-order valence-corrected chi connectivity index (χ1v) is 17.5. The van der Waals surface area contributed by atoms with Crippen molar-refractivity contribution in [2.24, 2.45) is 0 Å². The van der Waals surface area contributed by atoms with Gasteiger partial charge in [-0.2, -0.15) is 0 Å². The number of nitrogens with zero attached hydrogens (tertiary/aromatic N) is 8. The zero-order valence-electron chi connectivity index (χ0n) is 29.0. The average Bonchev–Trinajstić information content (AvgIpc) is 3.23. The van der Waals surface area contributed by atoms with Crippen LogP contribution >= 0.6 is 0 Å². The molecule has 0 saturated heterocycles. The molecule has 0 atom stereocenters. The molecular weight excluding hydrogens is 653 g/mol. The van der Waals surface area contributed by atoms with Gasteiger partial charge in [0.2, 0.25) is 0 Å². The molecule has 9 rings (SSSR count). The number of rotatable bonds is 8. The van der Waals surface area contributed by atoms with Crippen LogP contribution in [0.25, 0.3) is 38.2 Å². The molecule has 254 valence electrons. The Morgan fingerprint density at radius 1 is 0.491 bits per heavy atom. The average molecular weight is 687 g/mol. The summed E-state index contributed by atoms with van der Waals surface area (Å²) < 4.78 is 0. The number of anilines is 6. The highest BCUT2D eigenvalue weighted by molar-refractivity contribution is 6.21. The van der Waals surface area contributed by atoms with Crippen LogP contribution in [0.5, 0.6) is 0 Å². The predicted molar refractivity (Wildman–Crippen MR) is 215 cm³/mol. The SMILES string of the molecule is CN1C=CC(c2c(-c3ccncc3)c3ccc(N(c4ccccn4)c4ccccn4)cc3c3cc(N(c4ccccn4)c4ccccn4)ccc23)=CC1. The molecule has 8 aromatic rings. The Hall–Kier alpha value is -7.19. The van der Waals surface area contributed by atoms with Crippen molar-refractivity contribution in [1.29, 1.82) is 0 Å². The Bertz CT molecular complexity index is 2520. The van der Waals surface area contributed by atoms with Gasteiger partial charge < -0.3 is 4.90 Å². The third-order valence-corrected chi connectivity index (χ3v) is 9.48. The van der Waals surface area contributed by atoms with Crippen molar-refractivity contribution in [2.45, 2.75) is 0 Å². The second kappa shape index (κ2) is 13.8.